The summed E-state index contributed by atoms with van der Waals surface area (Å²) in [5.41, 5.74) is -1.16. The van der Waals surface area contributed by atoms with Gasteiger partial charge in [0.05, 0.1) is 5.25 Å². The molecule has 10 heteroatoms. The minimum atomic E-state index is -1.95. The van der Waals surface area contributed by atoms with E-state index in [0.717, 1.165) is 32.5 Å². The van der Waals surface area contributed by atoms with Crippen LogP contribution in [0, 0.1) is 0 Å². The van der Waals surface area contributed by atoms with Crippen molar-refractivity contribution in [3.05, 3.63) is 0 Å². The van der Waals surface area contributed by atoms with Gasteiger partial charge in [-0.25, -0.2) is 4.39 Å². The Morgan fingerprint density at radius 3 is 1.79 bits per heavy atom. The number of thioether (sulfide) groups is 1. The fourth-order valence-electron chi connectivity index (χ4n) is 2.11. The summed E-state index contributed by atoms with van der Waals surface area (Å²) in [7, 11) is 0. The number of carbonyl (C=O) groups excluding carboxylic acids is 4. The Bertz CT molecular complexity index is 509. The highest BCUT2D eigenvalue weighted by molar-refractivity contribution is 8.00. The van der Waals surface area contributed by atoms with Gasteiger partial charge in [0, 0.05) is 27.7 Å². The van der Waals surface area contributed by atoms with E-state index in [1.54, 1.807) is 0 Å². The van der Waals surface area contributed by atoms with Crippen LogP contribution < -0.4 is 0 Å². The van der Waals surface area contributed by atoms with Crippen LogP contribution in [0.15, 0.2) is 0 Å². The quantitative estimate of drug-likeness (QED) is 0.515. The number of halogens is 1. The van der Waals surface area contributed by atoms with E-state index in [-0.39, 0.29) is 6.61 Å². The summed E-state index contributed by atoms with van der Waals surface area (Å²) in [6, 6.07) is 0. The molecule has 1 heterocycles. The SMILES string of the molecule is CC(=O)OC[C@H]1S[C@H](OC(C)=O)[C@H](OC(C)=O)[C@@H](F)[C@@H]1OC(C)=O. The fraction of sp³-hybridized carbons (Fsp3) is 0.714. The zero-order chi connectivity index (χ0) is 18.4. The highest BCUT2D eigenvalue weighted by Gasteiger charge is 2.51. The van der Waals surface area contributed by atoms with E-state index in [9.17, 15) is 23.6 Å². The lowest BCUT2D eigenvalue weighted by atomic mass is 10.1. The maximum absolute atomic E-state index is 14.8. The first-order valence-electron chi connectivity index (χ1n) is 7.06. The van der Waals surface area contributed by atoms with E-state index in [1.165, 1.54) is 6.92 Å². The first-order chi connectivity index (χ1) is 11.1. The molecule has 0 aromatic heterocycles. The van der Waals surface area contributed by atoms with Crippen molar-refractivity contribution in [2.75, 3.05) is 6.61 Å². The second-order valence-electron chi connectivity index (χ2n) is 5.05. The second kappa shape index (κ2) is 8.86. The minimum absolute atomic E-state index is 0.261. The summed E-state index contributed by atoms with van der Waals surface area (Å²) < 4.78 is 34.5. The van der Waals surface area contributed by atoms with Crippen molar-refractivity contribution in [3.63, 3.8) is 0 Å². The Morgan fingerprint density at radius 1 is 0.833 bits per heavy atom. The average Bonchev–Trinajstić information content (AvgIpc) is 2.42. The molecular weight excluding hydrogens is 347 g/mol. The largest absolute Gasteiger partial charge is 0.465 e. The Kier molecular flexibility index (Phi) is 7.46. The van der Waals surface area contributed by atoms with Crippen LogP contribution >= 0.6 is 11.8 Å². The Hall–Kier alpha value is -1.84. The molecule has 0 unspecified atom stereocenters. The van der Waals surface area contributed by atoms with Gasteiger partial charge in [-0.3, -0.25) is 19.2 Å². The third kappa shape index (κ3) is 5.99. The Balaban J connectivity index is 3.04. The lowest BCUT2D eigenvalue weighted by Crippen LogP contribution is -2.56. The normalized spacial score (nSPS) is 29.3. The van der Waals surface area contributed by atoms with Crippen LogP contribution in [0.5, 0.6) is 0 Å². The summed E-state index contributed by atoms with van der Waals surface area (Å²) in [5.74, 6) is -2.82. The van der Waals surface area contributed by atoms with Crippen LogP contribution in [0.1, 0.15) is 27.7 Å². The summed E-state index contributed by atoms with van der Waals surface area (Å²) in [6.45, 7) is 4.21. The molecule has 1 aliphatic rings. The molecule has 0 saturated carbocycles. The zero-order valence-corrected chi connectivity index (χ0v) is 14.5. The molecule has 0 spiro atoms. The van der Waals surface area contributed by atoms with Crippen LogP contribution in [0.25, 0.3) is 0 Å². The summed E-state index contributed by atoms with van der Waals surface area (Å²) in [6.07, 6.45) is -4.73. The number of rotatable bonds is 5. The molecule has 1 aliphatic heterocycles. The molecule has 0 aromatic carbocycles. The molecule has 0 amide bonds. The topological polar surface area (TPSA) is 105 Å². The van der Waals surface area contributed by atoms with Crippen molar-refractivity contribution in [2.45, 2.75) is 56.8 Å². The molecule has 0 N–H and O–H groups in total. The predicted molar refractivity (Wildman–Crippen MR) is 79.6 cm³/mol. The van der Waals surface area contributed by atoms with Gasteiger partial charge in [-0.15, -0.1) is 11.8 Å². The summed E-state index contributed by atoms with van der Waals surface area (Å²) in [4.78, 5) is 44.6. The van der Waals surface area contributed by atoms with Gasteiger partial charge in [0.15, 0.2) is 23.8 Å². The molecule has 0 aromatic rings. The molecule has 1 fully saturated rings. The van der Waals surface area contributed by atoms with Crippen molar-refractivity contribution in [1.82, 2.24) is 0 Å². The molecule has 24 heavy (non-hydrogen) atoms. The van der Waals surface area contributed by atoms with Gasteiger partial charge in [0.2, 0.25) is 0 Å². The smallest absolute Gasteiger partial charge is 0.303 e. The monoisotopic (exact) mass is 366 g/mol. The first-order valence-corrected chi connectivity index (χ1v) is 8.00. The van der Waals surface area contributed by atoms with Gasteiger partial charge in [0.1, 0.15) is 6.61 Å². The lowest BCUT2D eigenvalue weighted by Gasteiger charge is -2.40. The van der Waals surface area contributed by atoms with Crippen molar-refractivity contribution in [2.24, 2.45) is 0 Å². The van der Waals surface area contributed by atoms with Crippen LogP contribution in [0.4, 0.5) is 4.39 Å². The van der Waals surface area contributed by atoms with Crippen LogP contribution in [-0.2, 0) is 38.1 Å². The molecule has 1 saturated heterocycles. The molecule has 0 radical (unpaired) electrons. The van der Waals surface area contributed by atoms with E-state index >= 15 is 0 Å². The fourth-order valence-corrected chi connectivity index (χ4v) is 3.51. The molecule has 1 rings (SSSR count). The highest BCUT2D eigenvalue weighted by Crippen LogP contribution is 2.38. The minimum Gasteiger partial charge on any atom is -0.465 e. The second-order valence-corrected chi connectivity index (χ2v) is 6.39. The number of carbonyl (C=O) groups is 4. The lowest BCUT2D eigenvalue weighted by molar-refractivity contribution is -0.175. The first kappa shape index (κ1) is 20.2. The van der Waals surface area contributed by atoms with E-state index in [2.05, 4.69) is 0 Å². The molecular formula is C14H19FO8S. The van der Waals surface area contributed by atoms with E-state index in [4.69, 9.17) is 18.9 Å². The summed E-state index contributed by atoms with van der Waals surface area (Å²) in [5, 5.41) is -0.830. The van der Waals surface area contributed by atoms with E-state index in [1.807, 2.05) is 0 Å². The van der Waals surface area contributed by atoms with Gasteiger partial charge >= 0.3 is 23.9 Å². The van der Waals surface area contributed by atoms with Crippen molar-refractivity contribution >= 4 is 35.6 Å². The predicted octanol–water partition coefficient (Wildman–Crippen LogP) is 0.756. The third-order valence-corrected chi connectivity index (χ3v) is 4.30. The maximum Gasteiger partial charge on any atom is 0.303 e. The van der Waals surface area contributed by atoms with Crippen LogP contribution in [0.2, 0.25) is 0 Å². The van der Waals surface area contributed by atoms with Crippen molar-refractivity contribution in [3.8, 4) is 0 Å². The number of hydrogen-bond donors (Lipinski definition) is 0. The number of alkyl halides is 1. The van der Waals surface area contributed by atoms with Gasteiger partial charge in [0.25, 0.3) is 0 Å². The van der Waals surface area contributed by atoms with Crippen LogP contribution in [0.3, 0.4) is 0 Å². The number of ether oxygens (including phenoxy) is 4. The van der Waals surface area contributed by atoms with E-state index in [0.29, 0.717) is 0 Å². The van der Waals surface area contributed by atoms with Crippen molar-refractivity contribution in [1.29, 1.82) is 0 Å². The number of esters is 4. The van der Waals surface area contributed by atoms with Gasteiger partial charge in [-0.05, 0) is 0 Å². The zero-order valence-electron chi connectivity index (χ0n) is 13.6. The molecule has 0 bridgehead atoms. The van der Waals surface area contributed by atoms with Gasteiger partial charge in [-0.1, -0.05) is 0 Å². The van der Waals surface area contributed by atoms with Gasteiger partial charge in [-0.2, -0.15) is 0 Å². The molecule has 136 valence electrons. The number of hydrogen-bond acceptors (Lipinski definition) is 9. The third-order valence-electron chi connectivity index (χ3n) is 2.91. The standard InChI is InChI=1S/C14H19FO8S/c1-6(16)20-5-10-12(21-7(2)17)11(15)13(22-8(3)18)14(24-10)23-9(4)19/h10-14H,5H2,1-4H3/t10-,11+,12-,13-,14+/m1/s1. The molecule has 8 nitrogen and oxygen atoms in total. The average molecular weight is 366 g/mol. The van der Waals surface area contributed by atoms with Crippen LogP contribution in [-0.4, -0.2) is 59.5 Å². The highest BCUT2D eigenvalue weighted by atomic mass is 32.2. The molecule has 5 atom stereocenters. The Morgan fingerprint density at radius 2 is 1.33 bits per heavy atom. The van der Waals surface area contributed by atoms with E-state index < -0.39 is 52.9 Å². The van der Waals surface area contributed by atoms with Crippen molar-refractivity contribution < 1.29 is 42.5 Å². The van der Waals surface area contributed by atoms with Gasteiger partial charge < -0.3 is 18.9 Å². The summed E-state index contributed by atoms with van der Waals surface area (Å²) >= 11 is 0.891. The Labute approximate surface area is 142 Å². The molecule has 0 aliphatic carbocycles. The maximum atomic E-state index is 14.8.